The maximum atomic E-state index is 5.99. The molecule has 5 nitrogen and oxygen atoms in total. The minimum absolute atomic E-state index is 0.544. The van der Waals surface area contributed by atoms with Crippen molar-refractivity contribution in [3.05, 3.63) is 40.9 Å². The molecule has 0 amide bonds. The predicted octanol–water partition coefficient (Wildman–Crippen LogP) is 2.36. The molecule has 0 spiro atoms. The van der Waals surface area contributed by atoms with Crippen molar-refractivity contribution < 1.29 is 0 Å². The van der Waals surface area contributed by atoms with Crippen molar-refractivity contribution in [3.63, 3.8) is 0 Å². The van der Waals surface area contributed by atoms with Crippen molar-refractivity contribution in [2.45, 2.75) is 13.0 Å². The van der Waals surface area contributed by atoms with Gasteiger partial charge in [0.15, 0.2) is 0 Å². The van der Waals surface area contributed by atoms with Crippen molar-refractivity contribution >= 4 is 32.9 Å². The summed E-state index contributed by atoms with van der Waals surface area (Å²) >= 11 is 3.48. The lowest BCUT2D eigenvalue weighted by Gasteiger charge is -2.06. The van der Waals surface area contributed by atoms with Gasteiger partial charge in [0.05, 0.1) is 11.0 Å². The predicted molar refractivity (Wildman–Crippen MR) is 78.8 cm³/mol. The highest BCUT2D eigenvalue weighted by molar-refractivity contribution is 9.10. The van der Waals surface area contributed by atoms with Crippen LogP contribution in [0.4, 0.5) is 5.95 Å². The molecule has 0 saturated heterocycles. The number of nitrogens with zero attached hydrogens (tertiary/aromatic N) is 4. The highest BCUT2D eigenvalue weighted by atomic mass is 79.9. The lowest BCUT2D eigenvalue weighted by molar-refractivity contribution is 0.670. The molecular weight excluding hydrogens is 306 g/mol. The van der Waals surface area contributed by atoms with Gasteiger partial charge in [-0.05, 0) is 18.2 Å². The van der Waals surface area contributed by atoms with E-state index >= 15 is 0 Å². The summed E-state index contributed by atoms with van der Waals surface area (Å²) in [5, 5.41) is 0. The number of benzene rings is 1. The number of hydrogen-bond donors (Lipinski definition) is 1. The van der Waals surface area contributed by atoms with Gasteiger partial charge in [0, 0.05) is 36.9 Å². The molecule has 2 N–H and O–H groups in total. The van der Waals surface area contributed by atoms with E-state index in [0.29, 0.717) is 5.95 Å². The normalized spacial score (nSPS) is 11.3. The lowest BCUT2D eigenvalue weighted by atomic mass is 10.3. The molecule has 0 aliphatic rings. The molecule has 2 aromatic heterocycles. The Morgan fingerprint density at radius 2 is 2.21 bits per heavy atom. The van der Waals surface area contributed by atoms with Gasteiger partial charge in [-0.15, -0.1) is 0 Å². The number of aromatic nitrogens is 4. The Labute approximate surface area is 119 Å². The van der Waals surface area contributed by atoms with Crippen LogP contribution in [0.1, 0.15) is 5.82 Å². The van der Waals surface area contributed by atoms with Crippen LogP contribution in [0.25, 0.3) is 11.0 Å². The highest BCUT2D eigenvalue weighted by Crippen LogP contribution is 2.22. The maximum absolute atomic E-state index is 5.99. The number of nitrogen functional groups attached to an aromatic ring is 1. The molecule has 0 atom stereocenters. The summed E-state index contributed by atoms with van der Waals surface area (Å²) in [7, 11) is 1.99. The molecule has 6 heteroatoms. The van der Waals surface area contributed by atoms with Gasteiger partial charge in [0.25, 0.3) is 0 Å². The minimum Gasteiger partial charge on any atom is -0.369 e. The second-order valence-electron chi connectivity index (χ2n) is 4.46. The molecule has 0 radical (unpaired) electrons. The van der Waals surface area contributed by atoms with Crippen LogP contribution in [-0.2, 0) is 20.0 Å². The summed E-state index contributed by atoms with van der Waals surface area (Å²) in [4.78, 5) is 8.69. The van der Waals surface area contributed by atoms with E-state index in [0.717, 1.165) is 34.3 Å². The van der Waals surface area contributed by atoms with Crippen molar-refractivity contribution in [3.8, 4) is 0 Å². The second-order valence-corrected chi connectivity index (χ2v) is 5.37. The van der Waals surface area contributed by atoms with Gasteiger partial charge in [-0.25, -0.2) is 9.97 Å². The van der Waals surface area contributed by atoms with E-state index < -0.39 is 0 Å². The Balaban J connectivity index is 1.94. The summed E-state index contributed by atoms with van der Waals surface area (Å²) in [6, 6.07) is 5.97. The SMILES string of the molecule is Cn1ccnc1CCn1c(N)nc2ccc(Br)cc21. The van der Waals surface area contributed by atoms with E-state index in [1.54, 1.807) is 6.20 Å². The van der Waals surface area contributed by atoms with E-state index in [2.05, 4.69) is 25.9 Å². The van der Waals surface area contributed by atoms with Gasteiger partial charge in [-0.1, -0.05) is 15.9 Å². The first kappa shape index (κ1) is 12.2. The largest absolute Gasteiger partial charge is 0.369 e. The highest BCUT2D eigenvalue weighted by Gasteiger charge is 2.09. The maximum Gasteiger partial charge on any atom is 0.201 e. The van der Waals surface area contributed by atoms with Crippen LogP contribution in [0, 0.1) is 0 Å². The molecule has 0 fully saturated rings. The zero-order valence-electron chi connectivity index (χ0n) is 10.5. The Kier molecular flexibility index (Phi) is 3.02. The van der Waals surface area contributed by atoms with Crippen molar-refractivity contribution in [2.75, 3.05) is 5.73 Å². The third-order valence-electron chi connectivity index (χ3n) is 3.22. The fourth-order valence-corrected chi connectivity index (χ4v) is 2.55. The number of nitrogens with two attached hydrogens (primary N) is 1. The van der Waals surface area contributed by atoms with Crippen LogP contribution in [-0.4, -0.2) is 19.1 Å². The first-order chi connectivity index (χ1) is 9.15. The van der Waals surface area contributed by atoms with Crippen molar-refractivity contribution in [2.24, 2.45) is 7.05 Å². The molecule has 98 valence electrons. The monoisotopic (exact) mass is 319 g/mol. The number of anilines is 1. The molecule has 0 saturated carbocycles. The molecule has 0 aliphatic heterocycles. The Morgan fingerprint density at radius 3 is 2.95 bits per heavy atom. The van der Waals surface area contributed by atoms with Gasteiger partial charge in [0.1, 0.15) is 5.82 Å². The fraction of sp³-hybridized carbons (Fsp3) is 0.231. The summed E-state index contributed by atoms with van der Waals surface area (Å²) in [6.45, 7) is 0.768. The smallest absolute Gasteiger partial charge is 0.201 e. The minimum atomic E-state index is 0.544. The third kappa shape index (κ3) is 2.23. The zero-order valence-corrected chi connectivity index (χ0v) is 12.1. The van der Waals surface area contributed by atoms with Crippen LogP contribution < -0.4 is 5.73 Å². The summed E-state index contributed by atoms with van der Waals surface area (Å²) in [5.74, 6) is 1.58. The third-order valence-corrected chi connectivity index (χ3v) is 3.71. The van der Waals surface area contributed by atoms with Gasteiger partial charge in [-0.3, -0.25) is 0 Å². The second kappa shape index (κ2) is 4.70. The van der Waals surface area contributed by atoms with Crippen LogP contribution in [0.2, 0.25) is 0 Å². The molecule has 1 aromatic carbocycles. The van der Waals surface area contributed by atoms with Gasteiger partial charge in [-0.2, -0.15) is 0 Å². The molecule has 2 heterocycles. The van der Waals surface area contributed by atoms with Gasteiger partial charge < -0.3 is 14.9 Å². The number of imidazole rings is 2. The van der Waals surface area contributed by atoms with Crippen LogP contribution in [0.3, 0.4) is 0 Å². The number of rotatable bonds is 3. The average Bonchev–Trinajstić information content (AvgIpc) is 2.90. The fourth-order valence-electron chi connectivity index (χ4n) is 2.20. The Bertz CT molecular complexity index is 728. The standard InChI is InChI=1S/C13H14BrN5/c1-18-7-5-16-12(18)4-6-19-11-8-9(14)2-3-10(11)17-13(19)15/h2-3,5,7-8H,4,6H2,1H3,(H2,15,17). The average molecular weight is 320 g/mol. The Morgan fingerprint density at radius 1 is 1.37 bits per heavy atom. The number of halogens is 1. The molecule has 0 bridgehead atoms. The molecule has 0 aliphatic carbocycles. The number of fused-ring (bicyclic) bond motifs is 1. The summed E-state index contributed by atoms with van der Waals surface area (Å²) in [5.41, 5.74) is 7.95. The summed E-state index contributed by atoms with van der Waals surface area (Å²) in [6.07, 6.45) is 4.58. The number of aryl methyl sites for hydroxylation is 3. The van der Waals surface area contributed by atoms with E-state index in [1.807, 2.05) is 40.6 Å². The molecular formula is C13H14BrN5. The quantitative estimate of drug-likeness (QED) is 0.806. The van der Waals surface area contributed by atoms with Crippen LogP contribution in [0.15, 0.2) is 35.1 Å². The molecule has 3 aromatic rings. The van der Waals surface area contributed by atoms with Crippen LogP contribution >= 0.6 is 15.9 Å². The van der Waals surface area contributed by atoms with Gasteiger partial charge >= 0.3 is 0 Å². The lowest BCUT2D eigenvalue weighted by Crippen LogP contribution is -2.08. The van der Waals surface area contributed by atoms with Gasteiger partial charge in [0.2, 0.25) is 5.95 Å². The van der Waals surface area contributed by atoms with Crippen molar-refractivity contribution in [1.29, 1.82) is 0 Å². The summed E-state index contributed by atoms with van der Waals surface area (Å²) < 4.78 is 5.07. The Hall–Kier alpha value is -1.82. The molecule has 0 unspecified atom stereocenters. The molecule has 3 rings (SSSR count). The van der Waals surface area contributed by atoms with E-state index in [1.165, 1.54) is 0 Å². The van der Waals surface area contributed by atoms with E-state index in [-0.39, 0.29) is 0 Å². The zero-order chi connectivity index (χ0) is 13.4. The van der Waals surface area contributed by atoms with E-state index in [4.69, 9.17) is 5.73 Å². The number of hydrogen-bond acceptors (Lipinski definition) is 3. The van der Waals surface area contributed by atoms with Crippen molar-refractivity contribution in [1.82, 2.24) is 19.1 Å². The first-order valence-corrected chi connectivity index (χ1v) is 6.82. The van der Waals surface area contributed by atoms with Crippen LogP contribution in [0.5, 0.6) is 0 Å². The van der Waals surface area contributed by atoms with E-state index in [9.17, 15) is 0 Å². The topological polar surface area (TPSA) is 61.7 Å². The first-order valence-electron chi connectivity index (χ1n) is 6.02. The molecule has 19 heavy (non-hydrogen) atoms.